The zero-order chi connectivity index (χ0) is 122. The van der Waals surface area contributed by atoms with Crippen LogP contribution in [0.2, 0.25) is 0 Å². The van der Waals surface area contributed by atoms with Gasteiger partial charge in [-0.15, -0.1) is 0 Å². The zero-order valence-corrected chi connectivity index (χ0v) is 95.0. The second-order valence-electron chi connectivity index (χ2n) is 49.3. The molecular formula is C145H204. The SMILES string of the molecule is CCC1(C(C)(C)C)Cc2ccccc2C1.CCC1(C2(C)CC2)Cc2ccccc2C1.CCC1(C2(C)CCCC2)Cc2ccccc2C1.CCC1(C2(C)CCCCC2)Cc2ccccc2C1.CCC1(CC)Cc2ccccc2C1.[2H]C([2H])(C)C1(CC)C([2H])([2H])c2ccccc2C1([2H])[2H].[2H]C([2H])(C)C1(CC)Cc2ccccc2C1.[2H]C1([2H])c2ccccc2C([2H])([2H])C1(CC)C(C)(C)C.[2H]C1([2H])c2ccccc2C([2H])([2H])C1(CC)CC.[2H]C1([2H])c2ccccc2C([2H])([2H])C1(CC)CC. The van der Waals surface area contributed by atoms with Gasteiger partial charge in [-0.2, -0.15) is 0 Å². The Balaban J connectivity index is 0.000000142. The fourth-order valence-corrected chi connectivity index (χ4v) is 28.1. The van der Waals surface area contributed by atoms with Crippen LogP contribution in [0.3, 0.4) is 0 Å². The van der Waals surface area contributed by atoms with Crippen LogP contribution in [0.25, 0.3) is 0 Å². The highest BCUT2D eigenvalue weighted by Gasteiger charge is 2.57. The van der Waals surface area contributed by atoms with Crippen molar-refractivity contribution in [3.05, 3.63) is 354 Å². The predicted octanol–water partition coefficient (Wildman–Crippen LogP) is 40.3. The molecule has 0 radical (unpaired) electrons. The Bertz CT molecular complexity index is 6150. The number of benzene rings is 10. The van der Waals surface area contributed by atoms with Crippen molar-refractivity contribution in [1.82, 2.24) is 0 Å². The van der Waals surface area contributed by atoms with E-state index in [4.69, 9.17) is 27.4 Å². The first kappa shape index (κ1) is 87.9. The molecule has 13 aliphatic rings. The molecule has 0 atom stereocenters. The summed E-state index contributed by atoms with van der Waals surface area (Å²) >= 11 is 0. The molecule has 23 rings (SSSR count). The van der Waals surface area contributed by atoms with Gasteiger partial charge < -0.3 is 0 Å². The molecule has 0 amide bonds. The lowest BCUT2D eigenvalue weighted by atomic mass is 9.55. The molecule has 3 saturated carbocycles. The van der Waals surface area contributed by atoms with E-state index in [0.29, 0.717) is 114 Å². The lowest BCUT2D eigenvalue weighted by Gasteiger charge is -2.49. The van der Waals surface area contributed by atoms with Gasteiger partial charge in [-0.25, -0.2) is 0 Å². The Morgan fingerprint density at radius 3 is 0.559 bits per heavy atom. The van der Waals surface area contributed by atoms with Crippen molar-refractivity contribution in [3.8, 4) is 0 Å². The van der Waals surface area contributed by atoms with E-state index in [9.17, 15) is 0 Å². The molecule has 0 bridgehead atoms. The van der Waals surface area contributed by atoms with Crippen LogP contribution in [-0.2, 0) is 128 Å². The zero-order valence-electron chi connectivity index (χ0n) is 115. The Morgan fingerprint density at radius 2 is 0.366 bits per heavy atom. The fourth-order valence-electron chi connectivity index (χ4n) is 28.1. The minimum absolute atomic E-state index is 0.0885. The molecule has 0 heterocycles. The van der Waals surface area contributed by atoms with Crippen LogP contribution in [-0.4, -0.2) is 0 Å². The number of hydrogen-bond donors (Lipinski definition) is 0. The summed E-state index contributed by atoms with van der Waals surface area (Å²) in [4.78, 5) is 0. The summed E-state index contributed by atoms with van der Waals surface area (Å²) in [5.41, 5.74) is 22.1. The van der Waals surface area contributed by atoms with Gasteiger partial charge in [0.1, 0.15) is 0 Å². The molecule has 0 saturated heterocycles. The lowest BCUT2D eigenvalue weighted by molar-refractivity contribution is 0.0165. The van der Waals surface area contributed by atoms with E-state index in [1.165, 1.54) is 191 Å². The first-order valence-corrected chi connectivity index (χ1v) is 57.9. The van der Waals surface area contributed by atoms with Crippen molar-refractivity contribution >= 4 is 0 Å². The second kappa shape index (κ2) is 47.8. The highest BCUT2D eigenvalue weighted by molar-refractivity contribution is 5.44. The second-order valence-corrected chi connectivity index (χ2v) is 49.3. The molecule has 0 spiro atoms. The first-order chi connectivity index (χ1) is 77.1. The number of hydrogen-bond acceptors (Lipinski definition) is 0. The number of rotatable bonds is 18. The molecule has 145 heavy (non-hydrogen) atoms. The van der Waals surface area contributed by atoms with Gasteiger partial charge in [-0.3, -0.25) is 0 Å². The Kier molecular flexibility index (Phi) is 29.0. The van der Waals surface area contributed by atoms with E-state index in [2.05, 4.69) is 236 Å². The summed E-state index contributed by atoms with van der Waals surface area (Å²) in [5, 5.41) is 0. The van der Waals surface area contributed by atoms with Crippen LogP contribution in [0.5, 0.6) is 0 Å². The first-order valence-electron chi connectivity index (χ1n) is 67.9. The van der Waals surface area contributed by atoms with Crippen molar-refractivity contribution in [2.75, 3.05) is 0 Å². The van der Waals surface area contributed by atoms with Crippen molar-refractivity contribution in [3.63, 3.8) is 0 Å². The smallest absolute Gasteiger partial charge is 0.0322 e. The van der Waals surface area contributed by atoms with Crippen LogP contribution in [0, 0.1) is 81.2 Å². The molecule has 0 unspecified atom stereocenters. The maximum atomic E-state index is 8.61. The van der Waals surface area contributed by atoms with Crippen LogP contribution < -0.4 is 0 Å². The molecule has 0 aliphatic heterocycles. The topological polar surface area (TPSA) is 0 Å². The van der Waals surface area contributed by atoms with E-state index >= 15 is 0 Å². The highest BCUT2D eigenvalue weighted by atomic mass is 14.6. The quantitative estimate of drug-likeness (QED) is 0.0803. The maximum Gasteiger partial charge on any atom is 0.0322 e. The molecule has 0 heteroatoms. The van der Waals surface area contributed by atoms with E-state index in [0.717, 1.165) is 19.3 Å². The van der Waals surface area contributed by atoms with E-state index in [1.807, 2.05) is 55.4 Å². The average Bonchev–Trinajstić information content (AvgIpc) is 1.53. The van der Waals surface area contributed by atoms with Gasteiger partial charge >= 0.3 is 0 Å². The third-order valence-corrected chi connectivity index (χ3v) is 40.4. The van der Waals surface area contributed by atoms with Crippen LogP contribution in [0.1, 0.15) is 472 Å². The number of fused-ring (bicyclic) bond motifs is 10. The van der Waals surface area contributed by atoms with Gasteiger partial charge in [0.05, 0.1) is 0 Å². The third-order valence-electron chi connectivity index (χ3n) is 40.4. The molecule has 10 aromatic carbocycles. The summed E-state index contributed by atoms with van der Waals surface area (Å²) in [6, 6.07) is 81.1. The van der Waals surface area contributed by atoms with Gasteiger partial charge in [-0.1, -0.05) is 441 Å². The van der Waals surface area contributed by atoms with Crippen LogP contribution in [0.15, 0.2) is 243 Å². The fraction of sp³-hybridized carbons (Fsp3) is 0.586. The van der Waals surface area contributed by atoms with Crippen molar-refractivity contribution in [2.45, 2.75) is 461 Å². The molecule has 3 fully saturated rings. The van der Waals surface area contributed by atoms with E-state index in [1.54, 1.807) is 167 Å². The summed E-state index contributed by atoms with van der Waals surface area (Å²) in [6.07, 6.45) is 25.4. The molecule has 0 aromatic heterocycles. The molecule has 13 aliphatic carbocycles. The highest BCUT2D eigenvalue weighted by Crippen LogP contribution is 2.66. The summed E-state index contributed by atoms with van der Waals surface area (Å²) in [7, 11) is 0. The molecular weight excluding hydrogens is 1740 g/mol. The molecule has 0 N–H and O–H groups in total. The normalized spacial score (nSPS) is 25.8. The molecule has 0 nitrogen and oxygen atoms in total. The average molecular weight is 1970 g/mol. The standard InChI is InChI=1S/C18H26.C17H24.C15H20.2C15H22.5C13H18/c1-3-18(17(2)11-7-4-8-12-17)13-15-9-5-6-10-16(15)14-18;1-3-17(16(2)10-6-7-11-16)12-14-8-4-5-9-15(14)13-17;1-3-15(14(2)8-9-14)10-12-6-4-5-7-13(12)11-15;2*1-5-15(14(2,3)4)10-12-8-6-7-9-13(12)11-15;5*1-3-13(4-2)9-11-7-5-6-8-12(11)10-13/h5-6,9-10H,3-4,7-8,11-14H2,1-2H3;4-5,8-9H,3,6-7,10-13H2,1-2H3;4-7H,3,8-11H2,1-2H3;2*6-9H,5,10-11H2,1-4H3;5*5-8H,3-4,9-10H2,1-2H3/i;;;10D2,11D2;;3D2,9D2,10D2;2*9D2,10D2;3D2;. The Labute approximate surface area is 918 Å². The van der Waals surface area contributed by atoms with Crippen LogP contribution in [0.4, 0.5) is 0 Å². The molecule has 784 valence electrons. The van der Waals surface area contributed by atoms with Crippen molar-refractivity contribution in [1.29, 1.82) is 0 Å². The maximum absolute atomic E-state index is 8.61. The van der Waals surface area contributed by atoms with Gasteiger partial charge in [-0.05, 0) is 455 Å². The van der Waals surface area contributed by atoms with Gasteiger partial charge in [0.2, 0.25) is 0 Å². The van der Waals surface area contributed by atoms with Crippen molar-refractivity contribution < 1.29 is 27.4 Å². The largest absolute Gasteiger partial charge is 0.0648 e. The van der Waals surface area contributed by atoms with E-state index < -0.39 is 90.8 Å². The Morgan fingerprint density at radius 1 is 0.186 bits per heavy atom. The van der Waals surface area contributed by atoms with Crippen LogP contribution >= 0.6 is 0 Å². The third kappa shape index (κ3) is 24.5. The van der Waals surface area contributed by atoms with Gasteiger partial charge in [0.15, 0.2) is 0 Å². The Hall–Kier alpha value is -7.80. The minimum atomic E-state index is -2.04. The van der Waals surface area contributed by atoms with Gasteiger partial charge in [0.25, 0.3) is 0 Å². The van der Waals surface area contributed by atoms with Crippen molar-refractivity contribution in [2.24, 2.45) is 81.2 Å². The lowest BCUT2D eigenvalue weighted by Crippen LogP contribution is -2.41. The minimum Gasteiger partial charge on any atom is -0.0648 e. The summed E-state index contributed by atoms with van der Waals surface area (Å²) in [6.45, 7) is 51.1. The summed E-state index contributed by atoms with van der Waals surface area (Å²) in [5.74, 6) is 0. The summed E-state index contributed by atoms with van der Waals surface area (Å²) < 4.78 is 167. The monoisotopic (exact) mass is 1970 g/mol. The molecule has 10 aromatic rings. The van der Waals surface area contributed by atoms with Gasteiger partial charge in [0, 0.05) is 27.4 Å². The van der Waals surface area contributed by atoms with E-state index in [-0.39, 0.29) is 23.0 Å². The predicted molar refractivity (Wildman–Crippen MR) is 631 cm³/mol.